The summed E-state index contributed by atoms with van der Waals surface area (Å²) in [5.41, 5.74) is 1.25. The third-order valence-electron chi connectivity index (χ3n) is 2.96. The number of carbonyl (C=O) groups excluding carboxylic acids is 3. The van der Waals surface area contributed by atoms with Gasteiger partial charge < -0.3 is 10.6 Å². The standard InChI is InChI=1S/C16H16ClN3O3S2/c1-9-15(10(2)21)25-16(18-9)20-14(23)8-24-7-13(22)19-12-5-3-11(17)4-6-12/h3-6H,7-8H2,1-2H3,(H,19,22)(H,18,20,23). The van der Waals surface area contributed by atoms with Gasteiger partial charge in [-0.15, -0.1) is 11.8 Å². The van der Waals surface area contributed by atoms with Crippen molar-refractivity contribution in [1.29, 1.82) is 0 Å². The van der Waals surface area contributed by atoms with Crippen LogP contribution in [0.25, 0.3) is 0 Å². The number of halogens is 1. The van der Waals surface area contributed by atoms with Crippen LogP contribution in [0.3, 0.4) is 0 Å². The van der Waals surface area contributed by atoms with Crippen molar-refractivity contribution in [2.24, 2.45) is 0 Å². The van der Waals surface area contributed by atoms with Gasteiger partial charge in [0, 0.05) is 17.6 Å². The summed E-state index contributed by atoms with van der Waals surface area (Å²) in [6.45, 7) is 3.18. The lowest BCUT2D eigenvalue weighted by Crippen LogP contribution is -2.18. The number of thiazole rings is 1. The van der Waals surface area contributed by atoms with Gasteiger partial charge in [0.05, 0.1) is 22.1 Å². The summed E-state index contributed by atoms with van der Waals surface area (Å²) in [6.07, 6.45) is 0. The fourth-order valence-electron chi connectivity index (χ4n) is 1.90. The van der Waals surface area contributed by atoms with E-state index in [2.05, 4.69) is 15.6 Å². The summed E-state index contributed by atoms with van der Waals surface area (Å²) in [4.78, 5) is 39.8. The van der Waals surface area contributed by atoms with Gasteiger partial charge in [-0.2, -0.15) is 0 Å². The molecule has 1 heterocycles. The number of amides is 2. The van der Waals surface area contributed by atoms with Crippen LogP contribution < -0.4 is 10.6 Å². The lowest BCUT2D eigenvalue weighted by atomic mass is 10.3. The maximum atomic E-state index is 11.9. The first-order valence-corrected chi connectivity index (χ1v) is 9.61. The van der Waals surface area contributed by atoms with Gasteiger partial charge >= 0.3 is 0 Å². The van der Waals surface area contributed by atoms with Crippen LogP contribution in [0.5, 0.6) is 0 Å². The second-order valence-corrected chi connectivity index (χ2v) is 7.51. The zero-order valence-corrected chi connectivity index (χ0v) is 16.0. The molecule has 0 aliphatic rings. The van der Waals surface area contributed by atoms with E-state index in [0.29, 0.717) is 26.4 Å². The van der Waals surface area contributed by atoms with Gasteiger partial charge in [-0.1, -0.05) is 22.9 Å². The molecule has 2 amide bonds. The van der Waals surface area contributed by atoms with E-state index >= 15 is 0 Å². The number of carbonyl (C=O) groups is 3. The molecule has 9 heteroatoms. The summed E-state index contributed by atoms with van der Waals surface area (Å²) in [6, 6.07) is 6.77. The zero-order chi connectivity index (χ0) is 18.4. The van der Waals surface area contributed by atoms with Crippen molar-refractivity contribution in [2.45, 2.75) is 13.8 Å². The van der Waals surface area contributed by atoms with Crippen molar-refractivity contribution in [3.63, 3.8) is 0 Å². The van der Waals surface area contributed by atoms with Crippen LogP contribution in [-0.2, 0) is 9.59 Å². The summed E-state index contributed by atoms with van der Waals surface area (Å²) < 4.78 is 0. The summed E-state index contributed by atoms with van der Waals surface area (Å²) in [5.74, 6) is -0.297. The molecule has 2 N–H and O–H groups in total. The van der Waals surface area contributed by atoms with Gasteiger partial charge in [-0.3, -0.25) is 14.4 Å². The maximum Gasteiger partial charge on any atom is 0.236 e. The Kier molecular flexibility index (Phi) is 6.98. The average molecular weight is 398 g/mol. The minimum absolute atomic E-state index is 0.0799. The van der Waals surface area contributed by atoms with Gasteiger partial charge in [0.15, 0.2) is 10.9 Å². The third kappa shape index (κ3) is 6.15. The average Bonchev–Trinajstić information content (AvgIpc) is 2.90. The number of thioether (sulfide) groups is 1. The molecule has 0 aliphatic heterocycles. The molecule has 0 saturated carbocycles. The highest BCUT2D eigenvalue weighted by atomic mass is 35.5. The first-order valence-electron chi connectivity index (χ1n) is 7.26. The molecular weight excluding hydrogens is 382 g/mol. The first-order chi connectivity index (χ1) is 11.8. The normalized spacial score (nSPS) is 10.4. The second kappa shape index (κ2) is 8.98. The number of aromatic nitrogens is 1. The van der Waals surface area contributed by atoms with Crippen LogP contribution in [-0.4, -0.2) is 34.1 Å². The van der Waals surface area contributed by atoms with Crippen LogP contribution in [0, 0.1) is 6.92 Å². The number of aryl methyl sites for hydroxylation is 1. The highest BCUT2D eigenvalue weighted by Crippen LogP contribution is 2.23. The number of benzene rings is 1. The van der Waals surface area contributed by atoms with Crippen LogP contribution in [0.4, 0.5) is 10.8 Å². The molecule has 0 spiro atoms. The van der Waals surface area contributed by atoms with E-state index in [0.717, 1.165) is 11.3 Å². The number of Topliss-reactive ketones (excluding diaryl/α,β-unsaturated/α-hetero) is 1. The number of hydrogen-bond acceptors (Lipinski definition) is 6. The smallest absolute Gasteiger partial charge is 0.236 e. The van der Waals surface area contributed by atoms with Crippen LogP contribution in [0.15, 0.2) is 24.3 Å². The van der Waals surface area contributed by atoms with E-state index in [1.54, 1.807) is 31.2 Å². The van der Waals surface area contributed by atoms with E-state index in [4.69, 9.17) is 11.6 Å². The first kappa shape index (κ1) is 19.4. The fourth-order valence-corrected chi connectivity index (χ4v) is 3.52. The Hall–Kier alpha value is -1.90. The highest BCUT2D eigenvalue weighted by Gasteiger charge is 2.13. The van der Waals surface area contributed by atoms with Crippen molar-refractivity contribution in [2.75, 3.05) is 22.1 Å². The Bertz CT molecular complexity index is 790. The lowest BCUT2D eigenvalue weighted by Gasteiger charge is -2.05. The van der Waals surface area contributed by atoms with E-state index in [-0.39, 0.29) is 29.1 Å². The molecule has 1 aromatic carbocycles. The molecule has 0 unspecified atom stereocenters. The quantitative estimate of drug-likeness (QED) is 0.696. The molecule has 2 rings (SSSR count). The number of rotatable bonds is 7. The highest BCUT2D eigenvalue weighted by molar-refractivity contribution is 8.00. The second-order valence-electron chi connectivity index (χ2n) is 5.09. The predicted octanol–water partition coefficient (Wildman–Crippen LogP) is 3.62. The minimum Gasteiger partial charge on any atom is -0.325 e. The Morgan fingerprint density at radius 3 is 2.28 bits per heavy atom. The molecule has 0 aliphatic carbocycles. The molecule has 6 nitrogen and oxygen atoms in total. The topological polar surface area (TPSA) is 88.2 Å². The maximum absolute atomic E-state index is 11.9. The van der Waals surface area contributed by atoms with E-state index in [1.807, 2.05) is 0 Å². The Morgan fingerprint density at radius 1 is 1.12 bits per heavy atom. The Balaban J connectivity index is 1.74. The number of hydrogen-bond donors (Lipinski definition) is 2. The molecule has 0 saturated heterocycles. The molecule has 1 aromatic heterocycles. The van der Waals surface area contributed by atoms with Gasteiger partial charge in [0.1, 0.15) is 0 Å². The van der Waals surface area contributed by atoms with Crippen LogP contribution in [0.2, 0.25) is 5.02 Å². The van der Waals surface area contributed by atoms with Gasteiger partial charge in [0.2, 0.25) is 11.8 Å². The van der Waals surface area contributed by atoms with Crippen molar-refractivity contribution in [3.05, 3.63) is 39.9 Å². The molecular formula is C16H16ClN3O3S2. The Labute approximate surface area is 158 Å². The van der Waals surface area contributed by atoms with Gasteiger partial charge in [-0.25, -0.2) is 4.98 Å². The molecule has 0 bridgehead atoms. The van der Waals surface area contributed by atoms with Crippen molar-refractivity contribution in [1.82, 2.24) is 4.98 Å². The van der Waals surface area contributed by atoms with Crippen LogP contribution in [0.1, 0.15) is 22.3 Å². The van der Waals surface area contributed by atoms with Crippen LogP contribution >= 0.6 is 34.7 Å². The third-order valence-corrected chi connectivity index (χ3v) is 5.32. The monoisotopic (exact) mass is 397 g/mol. The van der Waals surface area contributed by atoms with E-state index in [1.165, 1.54) is 18.7 Å². The molecule has 0 fully saturated rings. The molecule has 0 radical (unpaired) electrons. The predicted molar refractivity (Wildman–Crippen MR) is 103 cm³/mol. The number of anilines is 2. The van der Waals surface area contributed by atoms with Gasteiger partial charge in [-0.05, 0) is 31.2 Å². The SMILES string of the molecule is CC(=O)c1sc(NC(=O)CSCC(=O)Nc2ccc(Cl)cc2)nc1C. The fraction of sp³-hybridized carbons (Fsp3) is 0.250. The number of ketones is 1. The largest absolute Gasteiger partial charge is 0.325 e. The Morgan fingerprint density at radius 2 is 1.72 bits per heavy atom. The lowest BCUT2D eigenvalue weighted by molar-refractivity contribution is -0.114. The minimum atomic E-state index is -0.270. The summed E-state index contributed by atoms with van der Waals surface area (Å²) in [5, 5.41) is 6.33. The molecule has 25 heavy (non-hydrogen) atoms. The molecule has 0 atom stereocenters. The summed E-state index contributed by atoms with van der Waals surface area (Å²) >= 11 is 8.11. The van der Waals surface area contributed by atoms with Crippen molar-refractivity contribution >= 4 is 63.1 Å². The zero-order valence-electron chi connectivity index (χ0n) is 13.6. The molecule has 132 valence electrons. The van der Waals surface area contributed by atoms with Gasteiger partial charge in [0.25, 0.3) is 0 Å². The van der Waals surface area contributed by atoms with Crippen molar-refractivity contribution < 1.29 is 14.4 Å². The van der Waals surface area contributed by atoms with Crippen molar-refractivity contribution in [3.8, 4) is 0 Å². The van der Waals surface area contributed by atoms with E-state index < -0.39 is 0 Å². The number of nitrogens with zero attached hydrogens (tertiary/aromatic N) is 1. The number of nitrogens with one attached hydrogen (secondary N) is 2. The molecule has 2 aromatic rings. The van der Waals surface area contributed by atoms with E-state index in [9.17, 15) is 14.4 Å². The summed E-state index contributed by atoms with van der Waals surface area (Å²) in [7, 11) is 0.